The van der Waals surface area contributed by atoms with Crippen molar-refractivity contribution in [1.82, 2.24) is 15.5 Å². The SMILES string of the molecule is CC(C)CC(CNC(=O)NC(C)CN(C)C)C(=O)O. The number of likely N-dealkylation sites (N-methyl/N-ethyl adjacent to an activating group) is 1. The minimum Gasteiger partial charge on any atom is -0.481 e. The van der Waals surface area contributed by atoms with Gasteiger partial charge < -0.3 is 20.6 Å². The fourth-order valence-corrected chi connectivity index (χ4v) is 1.92. The maximum Gasteiger partial charge on any atom is 0.315 e. The molecule has 0 bridgehead atoms. The molecule has 0 aliphatic rings. The van der Waals surface area contributed by atoms with Gasteiger partial charge in [-0.25, -0.2) is 4.79 Å². The fourth-order valence-electron chi connectivity index (χ4n) is 1.92. The van der Waals surface area contributed by atoms with Crippen LogP contribution in [0.4, 0.5) is 4.79 Å². The third kappa shape index (κ3) is 9.30. The van der Waals surface area contributed by atoms with Crippen molar-refractivity contribution in [3.8, 4) is 0 Å². The van der Waals surface area contributed by atoms with E-state index >= 15 is 0 Å². The van der Waals surface area contributed by atoms with Gasteiger partial charge in [-0.3, -0.25) is 4.79 Å². The lowest BCUT2D eigenvalue weighted by Gasteiger charge is -2.20. The van der Waals surface area contributed by atoms with Crippen LogP contribution in [0.3, 0.4) is 0 Å². The van der Waals surface area contributed by atoms with Crippen molar-refractivity contribution in [3.63, 3.8) is 0 Å². The van der Waals surface area contributed by atoms with Gasteiger partial charge in [-0.15, -0.1) is 0 Å². The first-order valence-electron chi connectivity index (χ1n) is 6.64. The van der Waals surface area contributed by atoms with E-state index in [2.05, 4.69) is 10.6 Å². The smallest absolute Gasteiger partial charge is 0.315 e. The quantitative estimate of drug-likeness (QED) is 0.616. The Balaban J connectivity index is 4.08. The van der Waals surface area contributed by atoms with Gasteiger partial charge in [0.25, 0.3) is 0 Å². The van der Waals surface area contributed by atoms with Gasteiger partial charge >= 0.3 is 12.0 Å². The van der Waals surface area contributed by atoms with Crippen molar-refractivity contribution in [1.29, 1.82) is 0 Å². The first-order valence-corrected chi connectivity index (χ1v) is 6.64. The minimum absolute atomic E-state index is 0.0170. The predicted molar refractivity (Wildman–Crippen MR) is 75.1 cm³/mol. The van der Waals surface area contributed by atoms with Crippen molar-refractivity contribution < 1.29 is 14.7 Å². The molecule has 2 atom stereocenters. The monoisotopic (exact) mass is 273 g/mol. The van der Waals surface area contributed by atoms with Crippen molar-refractivity contribution >= 4 is 12.0 Å². The van der Waals surface area contributed by atoms with Gasteiger partial charge in [0.15, 0.2) is 0 Å². The summed E-state index contributed by atoms with van der Waals surface area (Å²) in [5.41, 5.74) is 0. The van der Waals surface area contributed by atoms with Crippen LogP contribution in [-0.2, 0) is 4.79 Å². The Morgan fingerprint density at radius 3 is 2.21 bits per heavy atom. The molecule has 0 saturated carbocycles. The third-order valence-electron chi connectivity index (χ3n) is 2.63. The molecular weight excluding hydrogens is 246 g/mol. The zero-order chi connectivity index (χ0) is 15.0. The van der Waals surface area contributed by atoms with Gasteiger partial charge in [-0.05, 0) is 33.4 Å². The van der Waals surface area contributed by atoms with E-state index in [0.717, 1.165) is 6.54 Å². The van der Waals surface area contributed by atoms with E-state index in [1.807, 2.05) is 39.8 Å². The molecule has 2 unspecified atom stereocenters. The van der Waals surface area contributed by atoms with Crippen LogP contribution < -0.4 is 10.6 Å². The maximum atomic E-state index is 11.6. The number of amides is 2. The standard InChI is InChI=1S/C13H27N3O3/c1-9(2)6-11(12(17)18)7-14-13(19)15-10(3)8-16(4)5/h9-11H,6-8H2,1-5H3,(H,17,18)(H2,14,15,19). The molecule has 6 nitrogen and oxygen atoms in total. The number of hydrogen-bond acceptors (Lipinski definition) is 3. The summed E-state index contributed by atoms with van der Waals surface area (Å²) >= 11 is 0. The Bertz CT molecular complexity index is 293. The molecule has 0 fully saturated rings. The molecule has 0 aromatic heterocycles. The van der Waals surface area contributed by atoms with Crippen LogP contribution in [0.25, 0.3) is 0 Å². The van der Waals surface area contributed by atoms with Crippen LogP contribution >= 0.6 is 0 Å². The number of aliphatic carboxylic acids is 1. The second-order valence-electron chi connectivity index (χ2n) is 5.68. The number of hydrogen-bond donors (Lipinski definition) is 3. The summed E-state index contributed by atoms with van der Waals surface area (Å²) in [6.45, 7) is 6.74. The van der Waals surface area contributed by atoms with E-state index in [1.54, 1.807) is 0 Å². The number of rotatable bonds is 8. The molecule has 0 spiro atoms. The minimum atomic E-state index is -0.865. The predicted octanol–water partition coefficient (Wildman–Crippen LogP) is 0.983. The second kappa shape index (κ2) is 8.74. The van der Waals surface area contributed by atoms with Gasteiger partial charge in [0, 0.05) is 19.1 Å². The fraction of sp³-hybridized carbons (Fsp3) is 0.846. The molecule has 112 valence electrons. The van der Waals surface area contributed by atoms with Gasteiger partial charge in [0.05, 0.1) is 5.92 Å². The highest BCUT2D eigenvalue weighted by molar-refractivity contribution is 5.76. The number of carbonyl (C=O) groups excluding carboxylic acids is 1. The molecule has 0 saturated heterocycles. The van der Waals surface area contributed by atoms with Crippen molar-refractivity contribution in [2.45, 2.75) is 33.2 Å². The third-order valence-corrected chi connectivity index (χ3v) is 2.63. The van der Waals surface area contributed by atoms with Crippen LogP contribution in [0.2, 0.25) is 0 Å². The number of nitrogens with one attached hydrogen (secondary N) is 2. The molecule has 0 aliphatic heterocycles. The average molecular weight is 273 g/mol. The molecule has 6 heteroatoms. The van der Waals surface area contributed by atoms with Gasteiger partial charge in [0.1, 0.15) is 0 Å². The first kappa shape index (κ1) is 17.7. The Morgan fingerprint density at radius 1 is 1.21 bits per heavy atom. The van der Waals surface area contributed by atoms with Gasteiger partial charge in [0.2, 0.25) is 0 Å². The molecule has 0 heterocycles. The lowest BCUT2D eigenvalue weighted by molar-refractivity contribution is -0.142. The highest BCUT2D eigenvalue weighted by Gasteiger charge is 2.19. The summed E-state index contributed by atoms with van der Waals surface area (Å²) in [5, 5.41) is 14.5. The summed E-state index contributed by atoms with van der Waals surface area (Å²) in [6, 6.07) is -0.298. The van der Waals surface area contributed by atoms with Crippen molar-refractivity contribution in [2.75, 3.05) is 27.2 Å². The molecule has 0 aliphatic carbocycles. The van der Waals surface area contributed by atoms with Crippen LogP contribution in [0, 0.1) is 11.8 Å². The molecule has 0 aromatic rings. The van der Waals surface area contributed by atoms with E-state index < -0.39 is 11.9 Å². The van der Waals surface area contributed by atoms with E-state index in [-0.39, 0.29) is 18.6 Å². The van der Waals surface area contributed by atoms with E-state index in [9.17, 15) is 9.59 Å². The number of nitrogens with zero attached hydrogens (tertiary/aromatic N) is 1. The number of carboxylic acids is 1. The average Bonchev–Trinajstić information content (AvgIpc) is 2.21. The zero-order valence-electron chi connectivity index (χ0n) is 12.6. The summed E-state index contributed by atoms with van der Waals surface area (Å²) in [6.07, 6.45) is 0.558. The van der Waals surface area contributed by atoms with Crippen molar-refractivity contribution in [3.05, 3.63) is 0 Å². The van der Waals surface area contributed by atoms with Crippen LogP contribution in [0.15, 0.2) is 0 Å². The van der Waals surface area contributed by atoms with Crippen LogP contribution in [0.1, 0.15) is 27.2 Å². The molecule has 2 amide bonds. The summed E-state index contributed by atoms with van der Waals surface area (Å²) in [7, 11) is 3.86. The Labute approximate surface area is 115 Å². The molecular formula is C13H27N3O3. The van der Waals surface area contributed by atoms with Crippen LogP contribution in [-0.4, -0.2) is 55.2 Å². The van der Waals surface area contributed by atoms with E-state index in [1.165, 1.54) is 0 Å². The zero-order valence-corrected chi connectivity index (χ0v) is 12.6. The number of carbonyl (C=O) groups is 2. The number of urea groups is 1. The lowest BCUT2D eigenvalue weighted by atomic mass is 9.97. The lowest BCUT2D eigenvalue weighted by Crippen LogP contribution is -2.46. The normalized spacial score (nSPS) is 14.3. The Hall–Kier alpha value is -1.30. The Morgan fingerprint density at radius 2 is 1.79 bits per heavy atom. The molecule has 0 radical (unpaired) electrons. The molecule has 0 aromatic carbocycles. The summed E-state index contributed by atoms with van der Waals surface area (Å²) in [5.74, 6) is -1.11. The summed E-state index contributed by atoms with van der Waals surface area (Å²) < 4.78 is 0. The topological polar surface area (TPSA) is 81.7 Å². The Kier molecular flexibility index (Phi) is 8.14. The first-order chi connectivity index (χ1) is 8.72. The number of carboxylic acid groups (broad SMARTS) is 1. The molecule has 19 heavy (non-hydrogen) atoms. The van der Waals surface area contributed by atoms with E-state index in [0.29, 0.717) is 12.3 Å². The molecule has 0 rings (SSSR count). The highest BCUT2D eigenvalue weighted by Crippen LogP contribution is 2.10. The van der Waals surface area contributed by atoms with Gasteiger partial charge in [-0.1, -0.05) is 13.8 Å². The highest BCUT2D eigenvalue weighted by atomic mass is 16.4. The molecule has 3 N–H and O–H groups in total. The van der Waals surface area contributed by atoms with Crippen LogP contribution in [0.5, 0.6) is 0 Å². The maximum absolute atomic E-state index is 11.6. The second-order valence-corrected chi connectivity index (χ2v) is 5.68. The van der Waals surface area contributed by atoms with Gasteiger partial charge in [-0.2, -0.15) is 0 Å². The van der Waals surface area contributed by atoms with E-state index in [4.69, 9.17) is 5.11 Å². The summed E-state index contributed by atoms with van der Waals surface area (Å²) in [4.78, 5) is 24.6. The van der Waals surface area contributed by atoms with Crippen molar-refractivity contribution in [2.24, 2.45) is 11.8 Å². The largest absolute Gasteiger partial charge is 0.481 e.